The smallest absolute Gasteiger partial charge is 0.228 e. The van der Waals surface area contributed by atoms with Crippen molar-refractivity contribution in [3.05, 3.63) is 45.7 Å². The van der Waals surface area contributed by atoms with Gasteiger partial charge in [-0.2, -0.15) is 5.26 Å². The first-order valence-electron chi connectivity index (χ1n) is 5.17. The van der Waals surface area contributed by atoms with E-state index in [0.717, 1.165) is 6.07 Å². The lowest BCUT2D eigenvalue weighted by molar-refractivity contribution is 0.581. The summed E-state index contributed by atoms with van der Waals surface area (Å²) in [5.41, 5.74) is 0.745. The van der Waals surface area contributed by atoms with E-state index in [4.69, 9.17) is 5.26 Å². The average molecular weight is 325 g/mol. The Morgan fingerprint density at radius 3 is 2.63 bits per heavy atom. The molecule has 96 valence electrons. The highest BCUT2D eigenvalue weighted by molar-refractivity contribution is 9.10. The van der Waals surface area contributed by atoms with Crippen LogP contribution in [0.25, 0.3) is 0 Å². The van der Waals surface area contributed by atoms with Gasteiger partial charge in [0, 0.05) is 11.8 Å². The first-order chi connectivity index (χ1) is 8.99. The Bertz CT molecular complexity index is 682. The fraction of sp³-hybridized carbons (Fsp3) is 0.0833. The number of hydrogen-bond acceptors (Lipinski definition) is 4. The second kappa shape index (κ2) is 5.28. The molecule has 0 saturated heterocycles. The van der Waals surface area contributed by atoms with Crippen molar-refractivity contribution in [2.24, 2.45) is 0 Å². The summed E-state index contributed by atoms with van der Waals surface area (Å²) in [4.78, 5) is 7.90. The molecule has 2 rings (SSSR count). The van der Waals surface area contributed by atoms with Crippen LogP contribution in [0.4, 0.5) is 20.4 Å². The van der Waals surface area contributed by atoms with Crippen molar-refractivity contribution in [3.8, 4) is 6.07 Å². The van der Waals surface area contributed by atoms with Gasteiger partial charge in [-0.25, -0.2) is 18.7 Å². The lowest BCUT2D eigenvalue weighted by Crippen LogP contribution is -2.02. The molecular formula is C12H7BrF2N4. The summed E-state index contributed by atoms with van der Waals surface area (Å²) in [6, 6.07) is 5.36. The van der Waals surface area contributed by atoms with E-state index in [1.807, 2.05) is 6.07 Å². The van der Waals surface area contributed by atoms with Gasteiger partial charge in [0.25, 0.3) is 0 Å². The van der Waals surface area contributed by atoms with Crippen LogP contribution in [-0.2, 0) is 0 Å². The van der Waals surface area contributed by atoms with Crippen LogP contribution in [0, 0.1) is 29.9 Å². The van der Waals surface area contributed by atoms with Crippen molar-refractivity contribution < 1.29 is 8.78 Å². The minimum Gasteiger partial charge on any atom is -0.322 e. The number of aromatic nitrogens is 2. The van der Waals surface area contributed by atoms with Crippen LogP contribution in [0.2, 0.25) is 0 Å². The quantitative estimate of drug-likeness (QED) is 0.859. The SMILES string of the molecule is Cc1cc(C#N)nc(Nc2cc(Br)c(F)cc2F)n1. The Hall–Kier alpha value is -2.07. The standard InChI is InChI=1S/C12H7BrF2N4/c1-6-2-7(5-16)18-12(17-6)19-11-3-8(13)9(14)4-10(11)15/h2-4H,1H3,(H,17,18,19). The van der Waals surface area contributed by atoms with Crippen molar-refractivity contribution >= 4 is 27.6 Å². The van der Waals surface area contributed by atoms with Crippen LogP contribution in [0.3, 0.4) is 0 Å². The van der Waals surface area contributed by atoms with Crippen molar-refractivity contribution in [2.45, 2.75) is 6.92 Å². The number of aryl methyl sites for hydroxylation is 1. The molecule has 4 nitrogen and oxygen atoms in total. The van der Waals surface area contributed by atoms with Gasteiger partial charge in [0.05, 0.1) is 10.2 Å². The molecule has 0 radical (unpaired) electrons. The number of hydrogen-bond donors (Lipinski definition) is 1. The van der Waals surface area contributed by atoms with Gasteiger partial charge in [0.15, 0.2) is 0 Å². The molecule has 0 bridgehead atoms. The molecule has 1 aromatic carbocycles. The molecule has 0 fully saturated rings. The van der Waals surface area contributed by atoms with Crippen molar-refractivity contribution in [2.75, 3.05) is 5.32 Å². The predicted molar refractivity (Wildman–Crippen MR) is 68.8 cm³/mol. The lowest BCUT2D eigenvalue weighted by Gasteiger charge is -2.08. The molecule has 1 N–H and O–H groups in total. The van der Waals surface area contributed by atoms with Crippen LogP contribution in [-0.4, -0.2) is 9.97 Å². The molecule has 0 aliphatic carbocycles. The molecular weight excluding hydrogens is 318 g/mol. The van der Waals surface area contributed by atoms with Gasteiger partial charge >= 0.3 is 0 Å². The third-order valence-electron chi connectivity index (χ3n) is 2.23. The number of nitrogens with one attached hydrogen (secondary N) is 1. The first-order valence-corrected chi connectivity index (χ1v) is 5.96. The fourth-order valence-electron chi connectivity index (χ4n) is 1.42. The third-order valence-corrected chi connectivity index (χ3v) is 2.83. The minimum absolute atomic E-state index is 0.0164. The van der Waals surface area contributed by atoms with E-state index in [9.17, 15) is 8.78 Å². The highest BCUT2D eigenvalue weighted by Gasteiger charge is 2.10. The topological polar surface area (TPSA) is 61.6 Å². The Morgan fingerprint density at radius 2 is 1.95 bits per heavy atom. The van der Waals surface area contributed by atoms with E-state index in [0.29, 0.717) is 5.69 Å². The van der Waals surface area contributed by atoms with E-state index in [1.165, 1.54) is 12.1 Å². The summed E-state index contributed by atoms with van der Waals surface area (Å²) in [7, 11) is 0. The Morgan fingerprint density at radius 1 is 1.21 bits per heavy atom. The summed E-state index contributed by atoms with van der Waals surface area (Å²) in [6.45, 7) is 1.69. The molecule has 0 unspecified atom stereocenters. The number of rotatable bonds is 2. The fourth-order valence-corrected chi connectivity index (χ4v) is 1.76. The van der Waals surface area contributed by atoms with E-state index in [-0.39, 0.29) is 21.8 Å². The Labute approximate surface area is 116 Å². The van der Waals surface area contributed by atoms with E-state index >= 15 is 0 Å². The number of anilines is 2. The van der Waals surface area contributed by atoms with Gasteiger partial charge in [-0.3, -0.25) is 0 Å². The van der Waals surface area contributed by atoms with Gasteiger partial charge < -0.3 is 5.32 Å². The van der Waals surface area contributed by atoms with Crippen molar-refractivity contribution in [1.29, 1.82) is 5.26 Å². The molecule has 1 aromatic heterocycles. The van der Waals surface area contributed by atoms with Crippen LogP contribution in [0.5, 0.6) is 0 Å². The summed E-state index contributed by atoms with van der Waals surface area (Å²) < 4.78 is 26.8. The molecule has 0 amide bonds. The van der Waals surface area contributed by atoms with Crippen LogP contribution in [0.1, 0.15) is 11.4 Å². The Balaban J connectivity index is 2.39. The lowest BCUT2D eigenvalue weighted by atomic mass is 10.3. The molecule has 0 saturated carbocycles. The molecule has 0 aliphatic heterocycles. The van der Waals surface area contributed by atoms with Gasteiger partial charge in [-0.05, 0) is 35.0 Å². The zero-order chi connectivity index (χ0) is 14.0. The predicted octanol–water partition coefficient (Wildman–Crippen LogP) is 3.44. The molecule has 0 aliphatic rings. The first kappa shape index (κ1) is 13.4. The van der Waals surface area contributed by atoms with Gasteiger partial charge in [0.2, 0.25) is 5.95 Å². The number of nitriles is 1. The van der Waals surface area contributed by atoms with Gasteiger partial charge in [-0.15, -0.1) is 0 Å². The maximum Gasteiger partial charge on any atom is 0.228 e. The molecule has 1 heterocycles. The normalized spacial score (nSPS) is 10.1. The highest BCUT2D eigenvalue weighted by atomic mass is 79.9. The molecule has 19 heavy (non-hydrogen) atoms. The monoisotopic (exact) mass is 324 g/mol. The summed E-state index contributed by atoms with van der Waals surface area (Å²) in [5, 5.41) is 11.4. The number of nitrogens with zero attached hydrogens (tertiary/aromatic N) is 3. The number of benzene rings is 1. The average Bonchev–Trinajstić information content (AvgIpc) is 2.35. The minimum atomic E-state index is -0.774. The molecule has 0 atom stereocenters. The van der Waals surface area contributed by atoms with E-state index in [1.54, 1.807) is 6.92 Å². The maximum atomic E-state index is 13.6. The largest absolute Gasteiger partial charge is 0.322 e. The van der Waals surface area contributed by atoms with Crippen molar-refractivity contribution in [1.82, 2.24) is 9.97 Å². The van der Waals surface area contributed by atoms with Gasteiger partial charge in [0.1, 0.15) is 23.4 Å². The van der Waals surface area contributed by atoms with Gasteiger partial charge in [-0.1, -0.05) is 0 Å². The highest BCUT2D eigenvalue weighted by Crippen LogP contribution is 2.25. The summed E-state index contributed by atoms with van der Waals surface area (Å²) in [6.07, 6.45) is 0. The van der Waals surface area contributed by atoms with Crippen LogP contribution < -0.4 is 5.32 Å². The molecule has 2 aromatic rings. The second-order valence-electron chi connectivity index (χ2n) is 3.70. The Kier molecular flexibility index (Phi) is 3.71. The number of halogens is 3. The van der Waals surface area contributed by atoms with E-state index in [2.05, 4.69) is 31.2 Å². The van der Waals surface area contributed by atoms with E-state index < -0.39 is 11.6 Å². The summed E-state index contributed by atoms with van der Waals surface area (Å²) >= 11 is 2.96. The molecule has 0 spiro atoms. The third kappa shape index (κ3) is 3.03. The van der Waals surface area contributed by atoms with Crippen LogP contribution >= 0.6 is 15.9 Å². The zero-order valence-electron chi connectivity index (χ0n) is 9.71. The second-order valence-corrected chi connectivity index (χ2v) is 4.56. The zero-order valence-corrected chi connectivity index (χ0v) is 11.3. The summed E-state index contributed by atoms with van der Waals surface area (Å²) in [5.74, 6) is -1.40. The van der Waals surface area contributed by atoms with Crippen LogP contribution in [0.15, 0.2) is 22.7 Å². The van der Waals surface area contributed by atoms with Crippen molar-refractivity contribution in [3.63, 3.8) is 0 Å². The maximum absolute atomic E-state index is 13.6. The molecule has 7 heteroatoms.